The number of hydrogen-bond donors (Lipinski definition) is 0. The molecule has 6 heteroatoms. The van der Waals surface area contributed by atoms with E-state index in [0.717, 1.165) is 22.3 Å². The van der Waals surface area contributed by atoms with Crippen LogP contribution in [-0.2, 0) is 9.84 Å². The van der Waals surface area contributed by atoms with Crippen molar-refractivity contribution in [1.29, 1.82) is 0 Å². The van der Waals surface area contributed by atoms with Gasteiger partial charge < -0.3 is 9.64 Å². The lowest BCUT2D eigenvalue weighted by molar-refractivity contribution is 0.0724. The third-order valence-corrected chi connectivity index (χ3v) is 7.73. The molecule has 0 unspecified atom stereocenters. The van der Waals surface area contributed by atoms with Crippen LogP contribution in [0.15, 0.2) is 41.3 Å². The molecule has 1 heterocycles. The van der Waals surface area contributed by atoms with Crippen LogP contribution in [0.25, 0.3) is 0 Å². The van der Waals surface area contributed by atoms with Crippen molar-refractivity contribution in [3.8, 4) is 5.75 Å². The summed E-state index contributed by atoms with van der Waals surface area (Å²) in [5, 5.41) is -0.467. The number of rotatable bonds is 4. The molecule has 150 valence electrons. The van der Waals surface area contributed by atoms with Crippen molar-refractivity contribution in [2.45, 2.75) is 43.8 Å². The van der Waals surface area contributed by atoms with Crippen molar-refractivity contribution >= 4 is 15.7 Å². The summed E-state index contributed by atoms with van der Waals surface area (Å²) in [6.07, 6.45) is 0.897. The summed E-state index contributed by atoms with van der Waals surface area (Å²) < 4.78 is 31.0. The second-order valence-electron chi connectivity index (χ2n) is 7.49. The summed E-state index contributed by atoms with van der Waals surface area (Å²) in [4.78, 5) is 15.1. The molecule has 0 N–H and O–H groups in total. The minimum Gasteiger partial charge on any atom is -0.497 e. The molecule has 0 saturated carbocycles. The summed E-state index contributed by atoms with van der Waals surface area (Å²) in [5.41, 5.74) is 3.81. The Labute approximate surface area is 167 Å². The number of piperidine rings is 1. The lowest BCUT2D eigenvalue weighted by atomic mass is 9.98. The summed E-state index contributed by atoms with van der Waals surface area (Å²) in [7, 11) is -1.87. The highest BCUT2D eigenvalue weighted by Crippen LogP contribution is 2.27. The van der Waals surface area contributed by atoms with Gasteiger partial charge in [0.15, 0.2) is 9.84 Å². The first kappa shape index (κ1) is 20.4. The van der Waals surface area contributed by atoms with Crippen molar-refractivity contribution < 1.29 is 17.9 Å². The van der Waals surface area contributed by atoms with Crippen molar-refractivity contribution in [3.05, 3.63) is 58.7 Å². The van der Waals surface area contributed by atoms with Gasteiger partial charge in [-0.15, -0.1) is 0 Å². The number of aryl methyl sites for hydroxylation is 3. The average molecular weight is 402 g/mol. The van der Waals surface area contributed by atoms with Crippen LogP contribution >= 0.6 is 0 Å². The zero-order valence-electron chi connectivity index (χ0n) is 16.9. The molecule has 0 aromatic heterocycles. The molecule has 3 rings (SSSR count). The Hall–Kier alpha value is -2.34. The largest absolute Gasteiger partial charge is 0.497 e. The second-order valence-corrected chi connectivity index (χ2v) is 9.71. The van der Waals surface area contributed by atoms with Gasteiger partial charge in [0.05, 0.1) is 17.3 Å². The summed E-state index contributed by atoms with van der Waals surface area (Å²) in [6, 6.07) is 10.5. The van der Waals surface area contributed by atoms with Crippen LogP contribution in [0, 0.1) is 20.8 Å². The number of benzene rings is 2. The van der Waals surface area contributed by atoms with E-state index >= 15 is 0 Å². The zero-order valence-corrected chi connectivity index (χ0v) is 17.7. The van der Waals surface area contributed by atoms with Gasteiger partial charge in [-0.25, -0.2) is 8.42 Å². The molecule has 0 aliphatic carbocycles. The van der Waals surface area contributed by atoms with Gasteiger partial charge in [-0.3, -0.25) is 4.79 Å². The number of hydrogen-bond acceptors (Lipinski definition) is 4. The minimum atomic E-state index is -3.42. The van der Waals surface area contributed by atoms with Crippen molar-refractivity contribution in [2.75, 3.05) is 20.2 Å². The van der Waals surface area contributed by atoms with Crippen LogP contribution < -0.4 is 4.74 Å². The summed E-state index contributed by atoms with van der Waals surface area (Å²) >= 11 is 0. The quantitative estimate of drug-likeness (QED) is 0.784. The third kappa shape index (κ3) is 3.92. The maximum atomic E-state index is 13.0. The van der Waals surface area contributed by atoms with Gasteiger partial charge in [-0.05, 0) is 69.0 Å². The highest BCUT2D eigenvalue weighted by molar-refractivity contribution is 7.92. The van der Waals surface area contributed by atoms with Crippen molar-refractivity contribution in [3.63, 3.8) is 0 Å². The lowest BCUT2D eigenvalue weighted by Crippen LogP contribution is -2.43. The van der Waals surface area contributed by atoms with Gasteiger partial charge in [0, 0.05) is 18.7 Å². The fourth-order valence-electron chi connectivity index (χ4n) is 4.00. The number of sulfone groups is 1. The molecule has 1 fully saturated rings. The number of carbonyl (C=O) groups is 1. The molecule has 2 aromatic rings. The molecule has 1 aliphatic rings. The van der Waals surface area contributed by atoms with E-state index in [4.69, 9.17) is 4.74 Å². The lowest BCUT2D eigenvalue weighted by Gasteiger charge is -2.32. The predicted octanol–water partition coefficient (Wildman–Crippen LogP) is 3.70. The first-order valence-electron chi connectivity index (χ1n) is 9.49. The number of likely N-dealkylation sites (tertiary alicyclic amines) is 1. The van der Waals surface area contributed by atoms with E-state index < -0.39 is 15.1 Å². The van der Waals surface area contributed by atoms with E-state index in [1.165, 1.54) is 0 Å². The number of amides is 1. The van der Waals surface area contributed by atoms with E-state index in [9.17, 15) is 13.2 Å². The molecule has 2 aromatic carbocycles. The van der Waals surface area contributed by atoms with Gasteiger partial charge >= 0.3 is 0 Å². The Balaban J connectivity index is 1.72. The maximum Gasteiger partial charge on any atom is 0.254 e. The molecule has 28 heavy (non-hydrogen) atoms. The van der Waals surface area contributed by atoms with Gasteiger partial charge in [0.1, 0.15) is 5.75 Å². The molecule has 1 saturated heterocycles. The standard InChI is InChI=1S/C22H27NO4S/c1-15-13-16(2)21(17(3)14-15)22(24)23-11-9-20(10-12-23)28(25,26)19-7-5-18(27-4)6-8-19/h5-8,13-14,20H,9-12H2,1-4H3. The Morgan fingerprint density at radius 1 is 1.00 bits per heavy atom. The van der Waals surface area contributed by atoms with Crippen LogP contribution in [-0.4, -0.2) is 44.7 Å². The van der Waals surface area contributed by atoms with Crippen LogP contribution in [0.4, 0.5) is 0 Å². The second kappa shape index (κ2) is 7.95. The van der Waals surface area contributed by atoms with Crippen LogP contribution in [0.2, 0.25) is 0 Å². The van der Waals surface area contributed by atoms with Gasteiger partial charge in [0.2, 0.25) is 0 Å². The number of methoxy groups -OCH3 is 1. The smallest absolute Gasteiger partial charge is 0.254 e. The van der Waals surface area contributed by atoms with E-state index in [0.29, 0.717) is 36.6 Å². The number of nitrogens with zero attached hydrogens (tertiary/aromatic N) is 1. The first-order chi connectivity index (χ1) is 13.2. The minimum absolute atomic E-state index is 0.00436. The Morgan fingerprint density at radius 3 is 2.04 bits per heavy atom. The molecule has 1 amide bonds. The van der Waals surface area contributed by atoms with Crippen molar-refractivity contribution in [1.82, 2.24) is 4.90 Å². The third-order valence-electron chi connectivity index (χ3n) is 5.45. The Bertz CT molecular complexity index is 949. The Kier molecular flexibility index (Phi) is 5.79. The van der Waals surface area contributed by atoms with E-state index in [1.807, 2.05) is 32.9 Å². The molecular formula is C22H27NO4S. The van der Waals surface area contributed by atoms with Gasteiger partial charge in [-0.2, -0.15) is 0 Å². The van der Waals surface area contributed by atoms with Crippen LogP contribution in [0.5, 0.6) is 5.75 Å². The van der Waals surface area contributed by atoms with Crippen LogP contribution in [0.3, 0.4) is 0 Å². The van der Waals surface area contributed by atoms with Crippen LogP contribution in [0.1, 0.15) is 39.9 Å². The monoisotopic (exact) mass is 401 g/mol. The molecule has 0 atom stereocenters. The number of ether oxygens (including phenoxy) is 1. The molecular weight excluding hydrogens is 374 g/mol. The SMILES string of the molecule is COc1ccc(S(=O)(=O)C2CCN(C(=O)c3c(C)cc(C)cc3C)CC2)cc1. The highest BCUT2D eigenvalue weighted by Gasteiger charge is 2.33. The molecule has 0 bridgehead atoms. The maximum absolute atomic E-state index is 13.0. The molecule has 1 aliphatic heterocycles. The Morgan fingerprint density at radius 2 is 1.54 bits per heavy atom. The van der Waals surface area contributed by atoms with Gasteiger partial charge in [0.25, 0.3) is 5.91 Å². The topological polar surface area (TPSA) is 63.7 Å². The molecule has 0 spiro atoms. The molecule has 0 radical (unpaired) electrons. The van der Waals surface area contributed by atoms with E-state index in [2.05, 4.69) is 0 Å². The summed E-state index contributed by atoms with van der Waals surface area (Å²) in [6.45, 7) is 6.82. The fourth-order valence-corrected chi connectivity index (χ4v) is 5.73. The normalized spacial score (nSPS) is 15.5. The highest BCUT2D eigenvalue weighted by atomic mass is 32.2. The first-order valence-corrected chi connectivity index (χ1v) is 11.0. The van der Waals surface area contributed by atoms with E-state index in [-0.39, 0.29) is 5.91 Å². The fraction of sp³-hybridized carbons (Fsp3) is 0.409. The van der Waals surface area contributed by atoms with Crippen molar-refractivity contribution in [2.24, 2.45) is 0 Å². The van der Waals surface area contributed by atoms with Gasteiger partial charge in [-0.1, -0.05) is 17.7 Å². The average Bonchev–Trinajstić information content (AvgIpc) is 2.67. The van der Waals surface area contributed by atoms with E-state index in [1.54, 1.807) is 36.3 Å². The number of carbonyl (C=O) groups excluding carboxylic acids is 1. The zero-order chi connectivity index (χ0) is 20.5. The summed E-state index contributed by atoms with van der Waals surface area (Å²) in [5.74, 6) is 0.624. The predicted molar refractivity (Wildman–Crippen MR) is 110 cm³/mol. The molecule has 5 nitrogen and oxygen atoms in total.